The molecule has 2 heterocycles. The predicted octanol–water partition coefficient (Wildman–Crippen LogP) is 5.03. The maximum atomic E-state index is 15.0. The summed E-state index contributed by atoms with van der Waals surface area (Å²) in [5.74, 6) is 1.88. The Hall–Kier alpha value is -2.41. The van der Waals surface area contributed by atoms with Crippen molar-refractivity contribution >= 4 is 6.03 Å². The number of aliphatic hydroxyl groups is 1. The van der Waals surface area contributed by atoms with E-state index in [1.54, 1.807) is 18.6 Å². The van der Waals surface area contributed by atoms with Gasteiger partial charge in [0.25, 0.3) is 0 Å². The lowest BCUT2D eigenvalue weighted by atomic mass is 9.46. The minimum Gasteiger partial charge on any atom is -0.392 e. The van der Waals surface area contributed by atoms with E-state index in [-0.39, 0.29) is 29.3 Å². The van der Waals surface area contributed by atoms with Gasteiger partial charge in [-0.2, -0.15) is 0 Å². The standard InChI is InChI=1S/C29H37FN4O2/c30-22-7-3-6-21-24-15-31-16-34(24)23(26(21)22)10-25(35)29-11-18-8-19(12-29)27(20(9-18)13-29)33-28(36)32-14-17-4-1-2-5-17/h3,6-7,15-20,23,25,27,35H,1-2,4-5,8-14H2,(H2,32,33,36). The number of aromatic nitrogens is 2. The Kier molecular flexibility index (Phi) is 5.42. The molecule has 192 valence electrons. The molecule has 8 rings (SSSR count). The second kappa shape index (κ2) is 8.57. The SMILES string of the molecule is O=C(NCC1CCCC1)NC1C2CC3CC1CC(C(O)CC1c4c(F)cccc4-c4cncn41)(C3)C2. The Balaban J connectivity index is 1.06. The second-order valence-electron chi connectivity index (χ2n) is 12.5. The molecule has 1 aromatic heterocycles. The first-order valence-electron chi connectivity index (χ1n) is 14.0. The van der Waals surface area contributed by atoms with Crippen LogP contribution in [0.5, 0.6) is 0 Å². The van der Waals surface area contributed by atoms with Gasteiger partial charge in [-0.15, -0.1) is 0 Å². The third kappa shape index (κ3) is 3.60. The van der Waals surface area contributed by atoms with E-state index in [0.717, 1.165) is 49.9 Å². The Bertz CT molecular complexity index is 1140. The van der Waals surface area contributed by atoms with E-state index in [4.69, 9.17) is 0 Å². The van der Waals surface area contributed by atoms with Gasteiger partial charge in [0.1, 0.15) is 5.82 Å². The number of hydrogen-bond acceptors (Lipinski definition) is 3. The van der Waals surface area contributed by atoms with Crippen LogP contribution in [-0.2, 0) is 0 Å². The Labute approximate surface area is 212 Å². The van der Waals surface area contributed by atoms with Crippen LogP contribution in [0.15, 0.2) is 30.7 Å². The lowest BCUT2D eigenvalue weighted by molar-refractivity contribution is -0.135. The summed E-state index contributed by atoms with van der Waals surface area (Å²) in [6.45, 7) is 0.787. The van der Waals surface area contributed by atoms with Gasteiger partial charge in [0.15, 0.2) is 0 Å². The number of aliphatic hydroxyl groups excluding tert-OH is 1. The van der Waals surface area contributed by atoms with Crippen LogP contribution in [0.1, 0.15) is 75.8 Å². The molecule has 4 bridgehead atoms. The zero-order valence-electron chi connectivity index (χ0n) is 20.8. The van der Waals surface area contributed by atoms with Crippen molar-refractivity contribution in [1.29, 1.82) is 0 Å². The molecule has 5 aliphatic carbocycles. The molecule has 5 saturated carbocycles. The number of nitrogens with one attached hydrogen (secondary N) is 2. The van der Waals surface area contributed by atoms with E-state index in [9.17, 15) is 14.3 Å². The molecule has 6 aliphatic rings. The highest BCUT2D eigenvalue weighted by Crippen LogP contribution is 2.62. The molecule has 5 fully saturated rings. The third-order valence-electron chi connectivity index (χ3n) is 10.5. The van der Waals surface area contributed by atoms with Crippen LogP contribution in [0, 0.1) is 34.9 Å². The summed E-state index contributed by atoms with van der Waals surface area (Å²) in [5, 5.41) is 18.3. The highest BCUT2D eigenvalue weighted by molar-refractivity contribution is 5.74. The molecular weight excluding hydrogens is 455 g/mol. The maximum Gasteiger partial charge on any atom is 0.315 e. The van der Waals surface area contributed by atoms with E-state index in [1.807, 2.05) is 10.6 Å². The monoisotopic (exact) mass is 492 g/mol. The maximum absolute atomic E-state index is 15.0. The molecule has 0 saturated heterocycles. The molecule has 36 heavy (non-hydrogen) atoms. The van der Waals surface area contributed by atoms with E-state index in [1.165, 1.54) is 31.7 Å². The summed E-state index contributed by atoms with van der Waals surface area (Å²) in [6.07, 6.45) is 13.8. The number of carbonyl (C=O) groups is 1. The van der Waals surface area contributed by atoms with Crippen LogP contribution in [0.4, 0.5) is 9.18 Å². The average Bonchev–Trinajstić information content (AvgIpc) is 3.60. The van der Waals surface area contributed by atoms with Crippen molar-refractivity contribution in [3.63, 3.8) is 0 Å². The molecule has 6 nitrogen and oxygen atoms in total. The first-order chi connectivity index (χ1) is 17.5. The summed E-state index contributed by atoms with van der Waals surface area (Å²) in [4.78, 5) is 17.1. The first-order valence-corrected chi connectivity index (χ1v) is 14.0. The van der Waals surface area contributed by atoms with Crippen molar-refractivity contribution in [2.45, 2.75) is 82.4 Å². The summed E-state index contributed by atoms with van der Waals surface area (Å²) in [7, 11) is 0. The average molecular weight is 493 g/mol. The van der Waals surface area contributed by atoms with Crippen LogP contribution in [0.2, 0.25) is 0 Å². The van der Waals surface area contributed by atoms with E-state index < -0.39 is 6.10 Å². The smallest absolute Gasteiger partial charge is 0.315 e. The first kappa shape index (κ1) is 22.8. The Morgan fingerprint density at radius 2 is 1.97 bits per heavy atom. The summed E-state index contributed by atoms with van der Waals surface area (Å²) in [6, 6.07) is 5.20. The van der Waals surface area contributed by atoms with Gasteiger partial charge in [0.05, 0.1) is 30.4 Å². The van der Waals surface area contributed by atoms with Gasteiger partial charge in [-0.3, -0.25) is 0 Å². The normalized spacial score (nSPS) is 35.0. The fourth-order valence-corrected chi connectivity index (χ4v) is 9.08. The second-order valence-corrected chi connectivity index (χ2v) is 12.5. The number of halogens is 1. The van der Waals surface area contributed by atoms with E-state index in [2.05, 4.69) is 15.6 Å². The summed E-state index contributed by atoms with van der Waals surface area (Å²) in [5.41, 5.74) is 2.38. The molecule has 7 heteroatoms. The lowest BCUT2D eigenvalue weighted by Crippen LogP contribution is -2.62. The quantitative estimate of drug-likeness (QED) is 0.529. The number of imidazole rings is 1. The number of nitrogens with zero attached hydrogens (tertiary/aromatic N) is 2. The molecule has 4 atom stereocenters. The van der Waals surface area contributed by atoms with Gasteiger partial charge < -0.3 is 20.3 Å². The molecule has 0 spiro atoms. The summed E-state index contributed by atoms with van der Waals surface area (Å²) >= 11 is 0. The number of hydrogen-bond donors (Lipinski definition) is 3. The summed E-state index contributed by atoms with van der Waals surface area (Å²) < 4.78 is 17.0. The van der Waals surface area contributed by atoms with Crippen molar-refractivity contribution in [2.24, 2.45) is 29.1 Å². The number of carbonyl (C=O) groups excluding carboxylic acids is 1. The number of benzene rings is 1. The van der Waals surface area contributed by atoms with E-state index >= 15 is 0 Å². The van der Waals surface area contributed by atoms with Crippen molar-refractivity contribution in [3.8, 4) is 11.3 Å². The van der Waals surface area contributed by atoms with Crippen LogP contribution in [0.3, 0.4) is 0 Å². The number of amides is 2. The minimum absolute atomic E-state index is 0.0142. The van der Waals surface area contributed by atoms with Crippen molar-refractivity contribution in [1.82, 2.24) is 20.2 Å². The lowest BCUT2D eigenvalue weighted by Gasteiger charge is -2.61. The van der Waals surface area contributed by atoms with Gasteiger partial charge in [-0.25, -0.2) is 14.2 Å². The van der Waals surface area contributed by atoms with Crippen LogP contribution in [-0.4, -0.2) is 39.4 Å². The minimum atomic E-state index is -0.506. The topological polar surface area (TPSA) is 79.2 Å². The zero-order valence-corrected chi connectivity index (χ0v) is 20.8. The van der Waals surface area contributed by atoms with Crippen molar-refractivity contribution < 1.29 is 14.3 Å². The van der Waals surface area contributed by atoms with Crippen molar-refractivity contribution in [3.05, 3.63) is 42.1 Å². The van der Waals surface area contributed by atoms with Gasteiger partial charge in [-0.1, -0.05) is 25.0 Å². The molecule has 2 aromatic rings. The van der Waals surface area contributed by atoms with Crippen LogP contribution in [0.25, 0.3) is 11.3 Å². The van der Waals surface area contributed by atoms with Gasteiger partial charge in [0, 0.05) is 23.7 Å². The number of fused-ring (bicyclic) bond motifs is 3. The largest absolute Gasteiger partial charge is 0.392 e. The molecule has 3 N–H and O–H groups in total. The van der Waals surface area contributed by atoms with Gasteiger partial charge >= 0.3 is 6.03 Å². The Morgan fingerprint density at radius 3 is 2.75 bits per heavy atom. The van der Waals surface area contributed by atoms with Gasteiger partial charge in [0.2, 0.25) is 0 Å². The van der Waals surface area contributed by atoms with Gasteiger partial charge in [-0.05, 0) is 86.5 Å². The van der Waals surface area contributed by atoms with E-state index in [0.29, 0.717) is 35.7 Å². The highest BCUT2D eigenvalue weighted by Gasteiger charge is 2.58. The zero-order chi connectivity index (χ0) is 24.4. The van der Waals surface area contributed by atoms with Crippen LogP contribution >= 0.6 is 0 Å². The molecule has 2 amide bonds. The van der Waals surface area contributed by atoms with Crippen LogP contribution < -0.4 is 10.6 Å². The molecule has 1 aromatic carbocycles. The number of urea groups is 1. The fraction of sp³-hybridized carbons (Fsp3) is 0.655. The molecule has 4 unspecified atom stereocenters. The molecule has 0 radical (unpaired) electrons. The van der Waals surface area contributed by atoms with Crippen molar-refractivity contribution in [2.75, 3.05) is 6.54 Å². The molecule has 1 aliphatic heterocycles. The fourth-order valence-electron chi connectivity index (χ4n) is 9.08. The third-order valence-corrected chi connectivity index (χ3v) is 10.5. The highest BCUT2D eigenvalue weighted by atomic mass is 19.1. The predicted molar refractivity (Wildman–Crippen MR) is 135 cm³/mol. The molecular formula is C29H37FN4O2. The Morgan fingerprint density at radius 1 is 1.19 bits per heavy atom. The number of rotatable bonds is 6.